The SMILES string of the molecule is CS(=O)(=O)N(CC(=O)N/N=C\c1ccc(OCc2ccccc2Cl)cc1)c1cc(Cl)ccc1Cl. The number of anilines is 1. The molecule has 3 rings (SSSR count). The van der Waals surface area contributed by atoms with Gasteiger partial charge in [-0.2, -0.15) is 5.10 Å². The Morgan fingerprint density at radius 3 is 2.41 bits per heavy atom. The van der Waals surface area contributed by atoms with Gasteiger partial charge >= 0.3 is 0 Å². The smallest absolute Gasteiger partial charge is 0.260 e. The number of rotatable bonds is 9. The first kappa shape index (κ1) is 25.8. The number of benzene rings is 3. The largest absolute Gasteiger partial charge is 0.489 e. The van der Waals surface area contributed by atoms with Crippen molar-refractivity contribution >= 4 is 62.6 Å². The van der Waals surface area contributed by atoms with Crippen LogP contribution in [0.3, 0.4) is 0 Å². The molecule has 34 heavy (non-hydrogen) atoms. The second kappa shape index (κ2) is 11.6. The van der Waals surface area contributed by atoms with E-state index in [1.807, 2.05) is 18.2 Å². The third-order valence-corrected chi connectivity index (χ3v) is 6.55. The zero-order valence-electron chi connectivity index (χ0n) is 17.9. The topological polar surface area (TPSA) is 88.1 Å². The molecule has 0 aliphatic rings. The van der Waals surface area contributed by atoms with Gasteiger partial charge in [0.05, 0.1) is 23.2 Å². The predicted octanol–water partition coefficient (Wildman–Crippen LogP) is 5.14. The van der Waals surface area contributed by atoms with Gasteiger partial charge in [-0.15, -0.1) is 0 Å². The van der Waals surface area contributed by atoms with E-state index in [1.165, 1.54) is 24.4 Å². The highest BCUT2D eigenvalue weighted by Gasteiger charge is 2.23. The lowest BCUT2D eigenvalue weighted by atomic mass is 10.2. The molecule has 0 aliphatic carbocycles. The van der Waals surface area contributed by atoms with Crippen molar-refractivity contribution in [2.75, 3.05) is 17.1 Å². The van der Waals surface area contributed by atoms with Gasteiger partial charge < -0.3 is 4.74 Å². The Morgan fingerprint density at radius 1 is 1.03 bits per heavy atom. The average molecular weight is 541 g/mol. The molecule has 11 heteroatoms. The number of nitrogens with one attached hydrogen (secondary N) is 1. The Hall–Kier alpha value is -2.78. The lowest BCUT2D eigenvalue weighted by Gasteiger charge is -2.22. The summed E-state index contributed by atoms with van der Waals surface area (Å²) in [4.78, 5) is 12.3. The number of sulfonamides is 1. The van der Waals surface area contributed by atoms with Crippen LogP contribution >= 0.6 is 34.8 Å². The number of amides is 1. The molecule has 7 nitrogen and oxygen atoms in total. The molecular formula is C23H20Cl3N3O4S. The van der Waals surface area contributed by atoms with Crippen LogP contribution in [0.4, 0.5) is 5.69 Å². The Labute approximate surface area is 212 Å². The van der Waals surface area contributed by atoms with Gasteiger partial charge in [-0.1, -0.05) is 53.0 Å². The maximum absolute atomic E-state index is 12.3. The summed E-state index contributed by atoms with van der Waals surface area (Å²) >= 11 is 18.2. The van der Waals surface area contributed by atoms with Crippen LogP contribution in [0, 0.1) is 0 Å². The van der Waals surface area contributed by atoms with Crippen LogP contribution in [0.5, 0.6) is 5.75 Å². The summed E-state index contributed by atoms with van der Waals surface area (Å²) in [6, 6.07) is 18.8. The highest BCUT2D eigenvalue weighted by Crippen LogP contribution is 2.30. The number of ether oxygens (including phenoxy) is 1. The van der Waals surface area contributed by atoms with Gasteiger partial charge in [0.25, 0.3) is 5.91 Å². The van der Waals surface area contributed by atoms with Crippen LogP contribution < -0.4 is 14.5 Å². The summed E-state index contributed by atoms with van der Waals surface area (Å²) < 4.78 is 31.0. The van der Waals surface area contributed by atoms with Crippen LogP contribution in [0.2, 0.25) is 15.1 Å². The fourth-order valence-electron chi connectivity index (χ4n) is 2.83. The molecule has 0 saturated heterocycles. The van der Waals surface area contributed by atoms with E-state index in [0.29, 0.717) is 22.9 Å². The molecule has 0 saturated carbocycles. The van der Waals surface area contributed by atoms with Crippen molar-refractivity contribution < 1.29 is 17.9 Å². The van der Waals surface area contributed by atoms with E-state index in [2.05, 4.69) is 10.5 Å². The number of carbonyl (C=O) groups is 1. The van der Waals surface area contributed by atoms with Gasteiger partial charge in [0.1, 0.15) is 18.9 Å². The summed E-state index contributed by atoms with van der Waals surface area (Å²) in [5, 5.41) is 4.94. The lowest BCUT2D eigenvalue weighted by Crippen LogP contribution is -2.39. The molecule has 0 bridgehead atoms. The third-order valence-electron chi connectivity index (χ3n) is 4.50. The van der Waals surface area contributed by atoms with E-state index in [9.17, 15) is 13.2 Å². The van der Waals surface area contributed by atoms with Crippen molar-refractivity contribution in [3.8, 4) is 5.75 Å². The number of hydrazone groups is 1. The zero-order chi connectivity index (χ0) is 24.7. The first-order valence-corrected chi connectivity index (χ1v) is 12.8. The Balaban J connectivity index is 1.58. The fourth-order valence-corrected chi connectivity index (χ4v) is 4.32. The van der Waals surface area contributed by atoms with Gasteiger partial charge in [-0.3, -0.25) is 9.10 Å². The number of nitrogens with zero attached hydrogens (tertiary/aromatic N) is 2. The normalized spacial score (nSPS) is 11.4. The maximum Gasteiger partial charge on any atom is 0.260 e. The monoisotopic (exact) mass is 539 g/mol. The summed E-state index contributed by atoms with van der Waals surface area (Å²) in [6.07, 6.45) is 2.39. The molecular weight excluding hydrogens is 521 g/mol. The quantitative estimate of drug-likeness (QED) is 0.301. The van der Waals surface area contributed by atoms with Crippen LogP contribution in [0.15, 0.2) is 71.8 Å². The maximum atomic E-state index is 12.3. The van der Waals surface area contributed by atoms with Crippen molar-refractivity contribution in [1.82, 2.24) is 5.43 Å². The van der Waals surface area contributed by atoms with Crippen LogP contribution in [-0.4, -0.2) is 33.3 Å². The number of hydrogen-bond acceptors (Lipinski definition) is 5. The third kappa shape index (κ3) is 7.36. The van der Waals surface area contributed by atoms with Crippen molar-refractivity contribution in [2.24, 2.45) is 5.10 Å². The van der Waals surface area contributed by atoms with Crippen LogP contribution in [0.25, 0.3) is 0 Å². The Kier molecular flexibility index (Phi) is 8.79. The summed E-state index contributed by atoms with van der Waals surface area (Å²) in [5.74, 6) is -0.0132. The molecule has 178 valence electrons. The molecule has 0 atom stereocenters. The molecule has 0 spiro atoms. The molecule has 0 aliphatic heterocycles. The van der Waals surface area contributed by atoms with Crippen molar-refractivity contribution in [3.05, 3.63) is 92.9 Å². The molecule has 3 aromatic carbocycles. The number of carbonyl (C=O) groups excluding carboxylic acids is 1. The van der Waals surface area contributed by atoms with Crippen LogP contribution in [0.1, 0.15) is 11.1 Å². The van der Waals surface area contributed by atoms with E-state index in [1.54, 1.807) is 30.3 Å². The van der Waals surface area contributed by atoms with Gasteiger partial charge in [-0.25, -0.2) is 13.8 Å². The molecule has 1 N–H and O–H groups in total. The minimum atomic E-state index is -3.81. The van der Waals surface area contributed by atoms with Crippen molar-refractivity contribution in [3.63, 3.8) is 0 Å². The van der Waals surface area contributed by atoms with Gasteiger partial charge in [-0.05, 0) is 54.1 Å². The van der Waals surface area contributed by atoms with Gasteiger partial charge in [0.2, 0.25) is 10.0 Å². The van der Waals surface area contributed by atoms with E-state index in [4.69, 9.17) is 39.5 Å². The first-order chi connectivity index (χ1) is 16.1. The predicted molar refractivity (Wildman–Crippen MR) is 137 cm³/mol. The van der Waals surface area contributed by atoms with E-state index >= 15 is 0 Å². The van der Waals surface area contributed by atoms with Gasteiger partial charge in [0.15, 0.2) is 0 Å². The highest BCUT2D eigenvalue weighted by atomic mass is 35.5. The number of halogens is 3. The van der Waals surface area contributed by atoms with E-state index < -0.39 is 22.5 Å². The van der Waals surface area contributed by atoms with Crippen molar-refractivity contribution in [2.45, 2.75) is 6.61 Å². The first-order valence-electron chi connectivity index (χ1n) is 9.84. The standard InChI is InChI=1S/C23H20Cl3N3O4S/c1-34(31,32)29(22-12-18(24)8-11-21(22)26)14-23(30)28-27-13-16-6-9-19(10-7-16)33-15-17-4-2-3-5-20(17)25/h2-13H,14-15H2,1H3,(H,28,30)/b27-13-. The highest BCUT2D eigenvalue weighted by molar-refractivity contribution is 7.92. The second-order valence-electron chi connectivity index (χ2n) is 7.11. The number of hydrogen-bond donors (Lipinski definition) is 1. The Bertz CT molecular complexity index is 1300. The molecule has 1 amide bonds. The molecule has 0 heterocycles. The molecule has 3 aromatic rings. The minimum Gasteiger partial charge on any atom is -0.489 e. The fraction of sp³-hybridized carbons (Fsp3) is 0.130. The van der Waals surface area contributed by atoms with E-state index in [-0.39, 0.29) is 15.7 Å². The van der Waals surface area contributed by atoms with Crippen molar-refractivity contribution in [1.29, 1.82) is 0 Å². The molecule has 0 fully saturated rings. The lowest BCUT2D eigenvalue weighted by molar-refractivity contribution is -0.119. The Morgan fingerprint density at radius 2 is 1.74 bits per heavy atom. The second-order valence-corrected chi connectivity index (χ2v) is 10.3. The summed E-state index contributed by atoms with van der Waals surface area (Å²) in [5.41, 5.74) is 3.98. The van der Waals surface area contributed by atoms with Crippen LogP contribution in [-0.2, 0) is 21.4 Å². The minimum absolute atomic E-state index is 0.100. The molecule has 0 unspecified atom stereocenters. The molecule has 0 radical (unpaired) electrons. The summed E-state index contributed by atoms with van der Waals surface area (Å²) in [6.45, 7) is -0.193. The zero-order valence-corrected chi connectivity index (χ0v) is 21.0. The van der Waals surface area contributed by atoms with E-state index in [0.717, 1.165) is 16.1 Å². The summed E-state index contributed by atoms with van der Waals surface area (Å²) in [7, 11) is -3.81. The average Bonchev–Trinajstić information content (AvgIpc) is 2.79. The molecule has 0 aromatic heterocycles. The van der Waals surface area contributed by atoms with Gasteiger partial charge in [0, 0.05) is 15.6 Å².